The number of ether oxygens (including phenoxy) is 3. The number of anilines is 1. The van der Waals surface area contributed by atoms with Crippen molar-refractivity contribution in [3.63, 3.8) is 0 Å². The Morgan fingerprint density at radius 3 is 2.56 bits per heavy atom. The molecule has 0 aromatic heterocycles. The standard InChI is InChI=1S/C26H34FNO6/c1-14-12-20(27)23(30)24-21(33-26(5,6)34-24)10-8-9-18-13-19(28(7)17(4)29)11-15(2)22(18)25(31)32-16(14)3/h8-9,11-14,16,21,23-24,30H,10H2,1-7H3/b9-8+,20-12+/t14-,16+,21+,23?,24+/m1/s1. The van der Waals surface area contributed by atoms with E-state index in [4.69, 9.17) is 14.2 Å². The van der Waals surface area contributed by atoms with Crippen molar-refractivity contribution in [2.45, 2.75) is 78.2 Å². The van der Waals surface area contributed by atoms with Gasteiger partial charge in [0.25, 0.3) is 0 Å². The van der Waals surface area contributed by atoms with E-state index in [1.165, 1.54) is 17.9 Å². The Labute approximate surface area is 200 Å². The molecule has 1 amide bonds. The Kier molecular flexibility index (Phi) is 7.65. The van der Waals surface area contributed by atoms with Crippen LogP contribution in [-0.2, 0) is 19.0 Å². The van der Waals surface area contributed by atoms with Crippen LogP contribution in [0.3, 0.4) is 0 Å². The fraction of sp³-hybridized carbons (Fsp3) is 0.538. The summed E-state index contributed by atoms with van der Waals surface area (Å²) in [5.41, 5.74) is 2.25. The number of carbonyl (C=O) groups is 2. The number of carbonyl (C=O) groups excluding carboxylic acids is 2. The molecule has 2 heterocycles. The van der Waals surface area contributed by atoms with Gasteiger partial charge in [-0.2, -0.15) is 0 Å². The van der Waals surface area contributed by atoms with Crippen molar-refractivity contribution in [2.24, 2.45) is 5.92 Å². The first kappa shape index (κ1) is 26.1. The predicted octanol–water partition coefficient (Wildman–Crippen LogP) is 4.31. The number of nitrogens with zero attached hydrogens (tertiary/aromatic N) is 1. The number of rotatable bonds is 1. The number of amides is 1. The largest absolute Gasteiger partial charge is 0.458 e. The summed E-state index contributed by atoms with van der Waals surface area (Å²) in [6.07, 6.45) is 1.44. The van der Waals surface area contributed by atoms with Gasteiger partial charge in [-0.05, 0) is 63.5 Å². The van der Waals surface area contributed by atoms with Crippen molar-refractivity contribution in [3.05, 3.63) is 46.8 Å². The van der Waals surface area contributed by atoms with E-state index in [0.717, 1.165) is 0 Å². The van der Waals surface area contributed by atoms with Gasteiger partial charge in [0.1, 0.15) is 24.1 Å². The lowest BCUT2D eigenvalue weighted by Gasteiger charge is -2.24. The van der Waals surface area contributed by atoms with Crippen molar-refractivity contribution in [1.82, 2.24) is 0 Å². The number of hydrogen-bond acceptors (Lipinski definition) is 6. The second-order valence-corrected chi connectivity index (χ2v) is 9.55. The summed E-state index contributed by atoms with van der Waals surface area (Å²) in [6, 6.07) is 3.51. The Morgan fingerprint density at radius 2 is 1.91 bits per heavy atom. The third-order valence-corrected chi connectivity index (χ3v) is 6.35. The molecular weight excluding hydrogens is 441 g/mol. The molecule has 186 valence electrons. The summed E-state index contributed by atoms with van der Waals surface area (Å²) in [6.45, 7) is 10.1. The summed E-state index contributed by atoms with van der Waals surface area (Å²) < 4.78 is 32.4. The van der Waals surface area contributed by atoms with Crippen LogP contribution in [0.1, 0.15) is 62.5 Å². The molecule has 1 saturated heterocycles. The van der Waals surface area contributed by atoms with Crippen LogP contribution in [0.2, 0.25) is 0 Å². The maximum absolute atomic E-state index is 14.9. The minimum Gasteiger partial charge on any atom is -0.458 e. The fourth-order valence-electron chi connectivity index (χ4n) is 4.20. The molecule has 7 nitrogen and oxygen atoms in total. The van der Waals surface area contributed by atoms with Crippen molar-refractivity contribution < 1.29 is 33.3 Å². The van der Waals surface area contributed by atoms with E-state index in [2.05, 4.69) is 0 Å². The summed E-state index contributed by atoms with van der Waals surface area (Å²) >= 11 is 0. The lowest BCUT2D eigenvalue weighted by atomic mass is 9.96. The molecule has 0 aliphatic carbocycles. The molecule has 34 heavy (non-hydrogen) atoms. The van der Waals surface area contributed by atoms with Crippen molar-refractivity contribution >= 4 is 23.6 Å². The van der Waals surface area contributed by atoms with Crippen LogP contribution in [0.4, 0.5) is 10.1 Å². The zero-order chi connectivity index (χ0) is 25.4. The first-order valence-electron chi connectivity index (χ1n) is 11.5. The number of cyclic esters (lactones) is 1. The molecule has 2 aliphatic rings. The number of aliphatic hydroxyl groups is 1. The molecule has 1 fully saturated rings. The molecule has 1 aromatic rings. The molecule has 2 aliphatic heterocycles. The third-order valence-electron chi connectivity index (χ3n) is 6.35. The lowest BCUT2D eigenvalue weighted by molar-refractivity contribution is -0.153. The minimum absolute atomic E-state index is 0.140. The molecule has 1 aromatic carbocycles. The Bertz CT molecular complexity index is 1020. The van der Waals surface area contributed by atoms with Crippen LogP contribution in [0, 0.1) is 12.8 Å². The summed E-state index contributed by atoms with van der Waals surface area (Å²) in [5, 5.41) is 10.7. The van der Waals surface area contributed by atoms with Crippen LogP contribution in [0.15, 0.2) is 30.1 Å². The number of halogens is 1. The van der Waals surface area contributed by atoms with Gasteiger partial charge in [0.15, 0.2) is 5.79 Å². The molecule has 8 heteroatoms. The van der Waals surface area contributed by atoms with E-state index >= 15 is 0 Å². The van der Waals surface area contributed by atoms with E-state index in [-0.39, 0.29) is 5.91 Å². The molecule has 0 spiro atoms. The Hall–Kier alpha value is -2.55. The molecule has 5 atom stereocenters. The molecule has 0 bridgehead atoms. The van der Waals surface area contributed by atoms with E-state index in [1.54, 1.807) is 66.0 Å². The Balaban J connectivity index is 2.10. The first-order valence-corrected chi connectivity index (χ1v) is 11.5. The first-order chi connectivity index (χ1) is 15.8. The van der Waals surface area contributed by atoms with Gasteiger partial charge in [0.2, 0.25) is 5.91 Å². The smallest absolute Gasteiger partial charge is 0.339 e. The highest BCUT2D eigenvalue weighted by Gasteiger charge is 2.45. The van der Waals surface area contributed by atoms with Crippen LogP contribution >= 0.6 is 0 Å². The van der Waals surface area contributed by atoms with Crippen molar-refractivity contribution in [3.8, 4) is 0 Å². The number of fused-ring (bicyclic) bond motifs is 2. The van der Waals surface area contributed by atoms with E-state index in [9.17, 15) is 19.1 Å². The maximum atomic E-state index is 14.9. The number of aryl methyl sites for hydroxylation is 1. The number of aliphatic hydroxyl groups excluding tert-OH is 1. The second kappa shape index (κ2) is 9.98. The van der Waals surface area contributed by atoms with Gasteiger partial charge in [0, 0.05) is 25.6 Å². The third kappa shape index (κ3) is 5.56. The van der Waals surface area contributed by atoms with Gasteiger partial charge in [-0.25, -0.2) is 9.18 Å². The van der Waals surface area contributed by atoms with Gasteiger partial charge in [0.05, 0.1) is 11.7 Å². The number of hydrogen-bond donors (Lipinski definition) is 1. The fourth-order valence-corrected chi connectivity index (χ4v) is 4.20. The van der Waals surface area contributed by atoms with E-state index in [1.807, 2.05) is 0 Å². The lowest BCUT2D eigenvalue weighted by Crippen LogP contribution is -2.36. The van der Waals surface area contributed by atoms with Crippen molar-refractivity contribution in [2.75, 3.05) is 11.9 Å². The number of benzene rings is 1. The zero-order valence-electron chi connectivity index (χ0n) is 20.8. The normalized spacial score (nSPS) is 31.9. The van der Waals surface area contributed by atoms with Crippen LogP contribution in [-0.4, -0.2) is 54.2 Å². The SMILES string of the molecule is CC(=O)N(C)c1cc(C)c2c(c1)/C=C/C[C@@H]1OC(C)(C)O[C@@H]1C(O)/C(F)=C\[C@@H](C)[C@H](C)OC2=O. The minimum atomic E-state index is -1.51. The molecule has 1 N–H and O–H groups in total. The van der Waals surface area contributed by atoms with E-state index < -0.39 is 47.9 Å². The quantitative estimate of drug-likeness (QED) is 0.610. The number of esters is 1. The maximum Gasteiger partial charge on any atom is 0.339 e. The Morgan fingerprint density at radius 1 is 1.24 bits per heavy atom. The molecule has 3 rings (SSSR count). The van der Waals surface area contributed by atoms with Crippen LogP contribution < -0.4 is 4.90 Å². The average molecular weight is 476 g/mol. The summed E-state index contributed by atoms with van der Waals surface area (Å²) in [5.74, 6) is -2.92. The van der Waals surface area contributed by atoms with E-state index in [0.29, 0.717) is 28.8 Å². The van der Waals surface area contributed by atoms with Crippen LogP contribution in [0.5, 0.6) is 0 Å². The monoisotopic (exact) mass is 475 g/mol. The highest BCUT2D eigenvalue weighted by Crippen LogP contribution is 2.35. The molecule has 0 radical (unpaired) electrons. The van der Waals surface area contributed by atoms with Gasteiger partial charge < -0.3 is 24.2 Å². The second-order valence-electron chi connectivity index (χ2n) is 9.55. The highest BCUT2D eigenvalue weighted by molar-refractivity contribution is 5.98. The van der Waals surface area contributed by atoms with Gasteiger partial charge in [-0.15, -0.1) is 0 Å². The molecule has 1 unspecified atom stereocenters. The van der Waals surface area contributed by atoms with Gasteiger partial charge in [-0.3, -0.25) is 4.79 Å². The average Bonchev–Trinajstić information content (AvgIpc) is 3.05. The molecular formula is C26H34FNO6. The van der Waals surface area contributed by atoms with Gasteiger partial charge >= 0.3 is 5.97 Å². The zero-order valence-corrected chi connectivity index (χ0v) is 20.8. The highest BCUT2D eigenvalue weighted by atomic mass is 19.1. The summed E-state index contributed by atoms with van der Waals surface area (Å²) in [4.78, 5) is 26.5. The predicted molar refractivity (Wildman–Crippen MR) is 127 cm³/mol. The van der Waals surface area contributed by atoms with Crippen molar-refractivity contribution in [1.29, 1.82) is 0 Å². The molecule has 0 saturated carbocycles. The van der Waals surface area contributed by atoms with Crippen LogP contribution in [0.25, 0.3) is 6.08 Å². The van der Waals surface area contributed by atoms with Gasteiger partial charge in [-0.1, -0.05) is 19.1 Å². The topological polar surface area (TPSA) is 85.3 Å². The summed E-state index contributed by atoms with van der Waals surface area (Å²) in [7, 11) is 1.66.